The van der Waals surface area contributed by atoms with E-state index in [0.29, 0.717) is 152 Å². The number of ketones is 1. The van der Waals surface area contributed by atoms with Gasteiger partial charge in [0.2, 0.25) is 11.7 Å². The Kier molecular flexibility index (Phi) is 14.8. The molecule has 4 aliphatic heterocycles. The van der Waals surface area contributed by atoms with Crippen LogP contribution < -0.4 is 36.8 Å². The highest BCUT2D eigenvalue weighted by atomic mass is 35.5. The summed E-state index contributed by atoms with van der Waals surface area (Å²) in [6.07, 6.45) is 7.94. The first kappa shape index (κ1) is 67.4. The van der Waals surface area contributed by atoms with Gasteiger partial charge in [-0.1, -0.05) is 101 Å². The average molecular weight is 1530 g/mol. The fourth-order valence-electron chi connectivity index (χ4n) is 20.6. The molecule has 3 saturated heterocycles. The number of hydrogen-bond donors (Lipinski definition) is 6. The lowest BCUT2D eigenvalue weighted by atomic mass is 9.66. The second-order valence-electron chi connectivity index (χ2n) is 30.3. The normalized spacial score (nSPS) is 24.7. The molecule has 0 radical (unpaired) electrons. The first-order valence-corrected chi connectivity index (χ1v) is 37.5. The van der Waals surface area contributed by atoms with Crippen molar-refractivity contribution in [3.05, 3.63) is 214 Å². The third-order valence-electron chi connectivity index (χ3n) is 25.6. The van der Waals surface area contributed by atoms with Crippen LogP contribution in [0.4, 0.5) is 40.7 Å². The van der Waals surface area contributed by atoms with Gasteiger partial charge in [0.15, 0.2) is 16.9 Å². The Morgan fingerprint density at radius 2 is 1.10 bits per heavy atom. The van der Waals surface area contributed by atoms with Crippen LogP contribution in [0.25, 0.3) is 89.6 Å². The van der Waals surface area contributed by atoms with E-state index in [9.17, 15) is 0 Å². The van der Waals surface area contributed by atoms with Gasteiger partial charge in [-0.2, -0.15) is 20.3 Å². The molecule has 25 nitrogen and oxygen atoms in total. The SMILES string of the molecule is Cc1nc(-c2ccc(-c3n[nH]c4nc(N5CC[C@@H]6[C@H](C5)[C@]6(c5ccccc5F)C(N)(C(N)[C@]5(c6ccccc6F)[C@@H]6CCN(c7cnc8c(-c9ccc(F)c%10ncccc9%10)n[nH]c8n7)C[C@@H]65)N5C(=O)C(=O)c6cc(-c7n[nH]c8nc(N9CC[C@@H]%10[C@H](C9)[C@@]%10(CN)c9ccccc9F)cnc78)c(Cl)cc65)cnc34)c(Cl)c2)no1. The molecule has 21 rings (SSSR count). The van der Waals surface area contributed by atoms with Crippen molar-refractivity contribution in [2.24, 2.45) is 52.7 Å². The van der Waals surface area contributed by atoms with Gasteiger partial charge >= 0.3 is 5.91 Å². The highest BCUT2D eigenvalue weighted by molar-refractivity contribution is 6.53. The van der Waals surface area contributed by atoms with Crippen molar-refractivity contribution >= 4 is 102 Å². The van der Waals surface area contributed by atoms with Crippen LogP contribution in [0.3, 0.4) is 0 Å². The zero-order valence-electron chi connectivity index (χ0n) is 58.9. The molecule has 1 amide bonds. The van der Waals surface area contributed by atoms with Gasteiger partial charge in [-0.3, -0.25) is 34.8 Å². The van der Waals surface area contributed by atoms with Crippen molar-refractivity contribution in [3.63, 3.8) is 0 Å². The summed E-state index contributed by atoms with van der Waals surface area (Å²) in [6.45, 7) is 4.28. The van der Waals surface area contributed by atoms with Crippen LogP contribution in [0.1, 0.15) is 52.2 Å². The van der Waals surface area contributed by atoms with Crippen LogP contribution in [0, 0.1) is 65.7 Å². The highest BCUT2D eigenvalue weighted by Gasteiger charge is 2.84. The van der Waals surface area contributed by atoms with Crippen molar-refractivity contribution in [2.45, 2.75) is 54.1 Å². The minimum Gasteiger partial charge on any atom is -0.355 e. The number of piperidine rings is 3. The molecule has 111 heavy (non-hydrogen) atoms. The molecule has 554 valence electrons. The molecule has 3 aliphatic carbocycles. The lowest BCUT2D eigenvalue weighted by molar-refractivity contribution is -0.116. The number of nitrogens with two attached hydrogens (primary N) is 3. The van der Waals surface area contributed by atoms with Crippen LogP contribution in [0.15, 0.2) is 157 Å². The number of nitrogens with one attached hydrogen (secondary N) is 3. The summed E-state index contributed by atoms with van der Waals surface area (Å²) in [7, 11) is 0. The lowest BCUT2D eigenvalue weighted by Crippen LogP contribution is -2.77. The molecule has 11 atom stereocenters. The van der Waals surface area contributed by atoms with E-state index in [4.69, 9.17) is 79.9 Å². The van der Waals surface area contributed by atoms with Crippen molar-refractivity contribution in [2.75, 3.05) is 65.4 Å². The predicted molar refractivity (Wildman–Crippen MR) is 406 cm³/mol. The summed E-state index contributed by atoms with van der Waals surface area (Å²) in [5.74, 6) is -3.63. The molecule has 12 heterocycles. The Bertz CT molecular complexity index is 6300. The molecule has 0 spiro atoms. The quantitative estimate of drug-likeness (QED) is 0.0410. The van der Waals surface area contributed by atoms with E-state index in [2.05, 4.69) is 45.5 Å². The monoisotopic (exact) mass is 1530 g/mol. The first-order valence-electron chi connectivity index (χ1n) is 36.7. The number of carbonyl (C=O) groups is 2. The summed E-state index contributed by atoms with van der Waals surface area (Å²) in [5, 5.41) is 28.1. The van der Waals surface area contributed by atoms with Crippen molar-refractivity contribution in [1.29, 1.82) is 0 Å². The van der Waals surface area contributed by atoms with Crippen molar-refractivity contribution in [3.8, 4) is 45.2 Å². The number of anilines is 4. The molecule has 31 heteroatoms. The number of carbonyl (C=O) groups excluding carboxylic acids is 2. The molecule has 14 aromatic rings. The lowest BCUT2D eigenvalue weighted by Gasteiger charge is -2.53. The number of fused-ring (bicyclic) bond motifs is 8. The second kappa shape index (κ2) is 24.4. The zero-order valence-corrected chi connectivity index (χ0v) is 60.4. The summed E-state index contributed by atoms with van der Waals surface area (Å²) >= 11 is 14.5. The van der Waals surface area contributed by atoms with Crippen LogP contribution >= 0.6 is 23.2 Å². The van der Waals surface area contributed by atoms with E-state index >= 15 is 27.2 Å². The van der Waals surface area contributed by atoms with Crippen molar-refractivity contribution < 1.29 is 31.7 Å². The Labute approximate surface area is 637 Å². The maximum atomic E-state index is 18.1. The Balaban J connectivity index is 0.672. The number of H-pyrrole nitrogens is 3. The highest BCUT2D eigenvalue weighted by Crippen LogP contribution is 2.75. The molecule has 0 bridgehead atoms. The molecule has 3 saturated carbocycles. The number of rotatable bonds is 15. The fourth-order valence-corrected chi connectivity index (χ4v) is 21.1. The van der Waals surface area contributed by atoms with Crippen LogP contribution in [-0.4, -0.2) is 145 Å². The number of amides is 1. The van der Waals surface area contributed by atoms with Gasteiger partial charge in [-0.15, -0.1) is 0 Å². The Hall–Kier alpha value is -11.8. The van der Waals surface area contributed by atoms with Crippen molar-refractivity contribution in [1.82, 2.24) is 75.6 Å². The van der Waals surface area contributed by atoms with E-state index in [1.54, 1.807) is 98.3 Å². The van der Waals surface area contributed by atoms with Gasteiger partial charge in [-0.05, 0) is 126 Å². The molecule has 9 N–H and O–H groups in total. The third kappa shape index (κ3) is 9.45. The summed E-state index contributed by atoms with van der Waals surface area (Å²) < 4.78 is 71.6. The fraction of sp³-hybridized carbons (Fsp3) is 0.275. The van der Waals surface area contributed by atoms with Crippen LogP contribution in [-0.2, 0) is 21.0 Å². The van der Waals surface area contributed by atoms with Gasteiger partial charge < -0.3 is 36.4 Å². The van der Waals surface area contributed by atoms with Crippen LogP contribution in [0.5, 0.6) is 0 Å². The van der Waals surface area contributed by atoms with Gasteiger partial charge in [0.25, 0.3) is 5.78 Å². The minimum atomic E-state index is -2.35. The molecule has 6 aromatic carbocycles. The number of halogens is 6. The number of benzene rings is 6. The number of Topliss-reactive ketones (excluding diaryl/α,β-unsaturated/α-hetero) is 1. The van der Waals surface area contributed by atoms with E-state index in [-0.39, 0.29) is 74.9 Å². The zero-order chi connectivity index (χ0) is 75.5. The number of aromatic amines is 3. The predicted octanol–water partition coefficient (Wildman–Crippen LogP) is 11.5. The maximum absolute atomic E-state index is 18.1. The molecule has 2 unspecified atom stereocenters. The maximum Gasteiger partial charge on any atom is 0.301 e. The third-order valence-corrected chi connectivity index (χ3v) is 26.2. The smallest absolute Gasteiger partial charge is 0.301 e. The van der Waals surface area contributed by atoms with Gasteiger partial charge in [0.05, 0.1) is 45.9 Å². The van der Waals surface area contributed by atoms with E-state index in [1.165, 1.54) is 47.5 Å². The Morgan fingerprint density at radius 1 is 0.559 bits per heavy atom. The van der Waals surface area contributed by atoms with E-state index in [0.717, 1.165) is 6.42 Å². The Morgan fingerprint density at radius 3 is 1.69 bits per heavy atom. The number of hydrogen-bond acceptors (Lipinski definition) is 21. The molecule has 7 aliphatic rings. The molecular weight excluding hydrogens is 1460 g/mol. The largest absolute Gasteiger partial charge is 0.355 e. The van der Waals surface area contributed by atoms with Gasteiger partial charge in [0, 0.05) is 103 Å². The molecule has 8 aromatic heterocycles. The van der Waals surface area contributed by atoms with Gasteiger partial charge in [-0.25, -0.2) is 47.5 Å². The summed E-state index contributed by atoms with van der Waals surface area (Å²) in [6, 6.07) is 32.8. The first-order chi connectivity index (χ1) is 53.9. The van der Waals surface area contributed by atoms with Gasteiger partial charge in [0.1, 0.15) is 85.5 Å². The summed E-state index contributed by atoms with van der Waals surface area (Å²) in [4.78, 5) is 77.9. The van der Waals surface area contributed by atoms with E-state index in [1.807, 2.05) is 28.0 Å². The molecule has 6 fully saturated rings. The van der Waals surface area contributed by atoms with E-state index < -0.39 is 80.8 Å². The number of aryl methyl sites for hydroxylation is 1. The number of pyridine rings is 1. The number of nitrogens with zero attached hydrogens (tertiary/aromatic N) is 16. The average Bonchev–Trinajstić information content (AvgIpc) is 1.46. The number of aromatic nitrogens is 15. The summed E-state index contributed by atoms with van der Waals surface area (Å²) in [5.41, 5.74) is 24.1. The topological polar surface area (TPSA) is 340 Å². The second-order valence-corrected chi connectivity index (χ2v) is 31.1. The van der Waals surface area contributed by atoms with Crippen LogP contribution in [0.2, 0.25) is 10.0 Å². The molecular formula is C80H64Cl2F4N22O3. The standard InChI is InChI=1S/C80H64Cl2F4N22O3/c1-37-94-71(104-111-37)38-16-17-41(53(81)27-38)65-68-73(102-99-65)97-62(32-92-68)107-26-22-46-52(35-107)79(46,49-12-4-7-15-57(49)85)80(89,76(88)78(48-11-3-6-14-56(48)84)45-21-25-106(34-51(45)78)61-31-91-67-64(98-101-72(67)96-61)40-18-19-58(86)63-39(40)9-8-23-90-63)108-59-29-54(82)42(28-43(59)70(109)75(108)110)66-69-74(103-100-66)95-60(30-93-69)105-24-20-44-50(33-105)77(44,36-87)47-10-2-5-13-55(47)83/h2-19,23,27-32,44-46,50-52,76H,20-22,24-26,33-36,87-89H2,1H3,(H,95,100,103)(H,96,98,101)(H,97,99,102)/t44-,45-,46-,50+,51+,52+,76?,77-,78+,79+,80?/m1/s1. The minimum absolute atomic E-state index is 0.000833.